The van der Waals surface area contributed by atoms with Gasteiger partial charge < -0.3 is 15.4 Å². The Bertz CT molecular complexity index is 471. The molecule has 1 amide bonds. The lowest BCUT2D eigenvalue weighted by molar-refractivity contribution is -0.139. The van der Waals surface area contributed by atoms with Gasteiger partial charge in [-0.3, -0.25) is 9.59 Å². The first-order valence-corrected chi connectivity index (χ1v) is 7.04. The average Bonchev–Trinajstić information content (AvgIpc) is 3.09. The number of amides is 1. The molecule has 1 saturated carbocycles. The summed E-state index contributed by atoms with van der Waals surface area (Å²) in [5.41, 5.74) is 0.647. The van der Waals surface area contributed by atoms with Crippen LogP contribution in [0.15, 0.2) is 5.38 Å². The highest BCUT2D eigenvalue weighted by Gasteiger charge is 2.25. The van der Waals surface area contributed by atoms with Gasteiger partial charge in [0.1, 0.15) is 6.04 Å². The summed E-state index contributed by atoms with van der Waals surface area (Å²) in [6.07, 6.45) is 2.29. The van der Waals surface area contributed by atoms with E-state index in [4.69, 9.17) is 0 Å². The van der Waals surface area contributed by atoms with Gasteiger partial charge in [-0.05, 0) is 19.8 Å². The minimum Gasteiger partial charge on any atom is -0.469 e. The molecule has 1 aliphatic rings. The third kappa shape index (κ3) is 4.20. The van der Waals surface area contributed by atoms with E-state index < -0.39 is 0 Å². The quantitative estimate of drug-likeness (QED) is 0.759. The zero-order valence-corrected chi connectivity index (χ0v) is 11.8. The van der Waals surface area contributed by atoms with E-state index in [1.54, 1.807) is 12.3 Å². The summed E-state index contributed by atoms with van der Waals surface area (Å²) in [5.74, 6) is -0.344. The molecule has 1 atom stereocenters. The molecule has 0 bridgehead atoms. The summed E-state index contributed by atoms with van der Waals surface area (Å²) in [4.78, 5) is 27.1. The molecule has 19 heavy (non-hydrogen) atoms. The lowest BCUT2D eigenvalue weighted by Crippen LogP contribution is -2.38. The van der Waals surface area contributed by atoms with Gasteiger partial charge in [-0.15, -0.1) is 11.3 Å². The van der Waals surface area contributed by atoms with E-state index in [0.717, 1.165) is 12.8 Å². The maximum absolute atomic E-state index is 11.8. The number of ether oxygens (including phenoxy) is 1. The van der Waals surface area contributed by atoms with Crippen LogP contribution in [-0.4, -0.2) is 36.1 Å². The highest BCUT2D eigenvalue weighted by molar-refractivity contribution is 7.13. The van der Waals surface area contributed by atoms with Crippen molar-refractivity contribution in [1.29, 1.82) is 0 Å². The van der Waals surface area contributed by atoms with Crippen molar-refractivity contribution in [1.82, 2.24) is 10.3 Å². The molecular formula is C12H17N3O3S. The number of nitrogens with zero attached hydrogens (tertiary/aromatic N) is 1. The maximum atomic E-state index is 11.8. The largest absolute Gasteiger partial charge is 0.469 e. The number of carbonyl (C=O) groups is 2. The minimum atomic E-state index is -0.335. The van der Waals surface area contributed by atoms with E-state index >= 15 is 0 Å². The lowest BCUT2D eigenvalue weighted by atomic mass is 10.3. The first-order valence-electron chi connectivity index (χ1n) is 6.16. The molecule has 6 nitrogen and oxygen atoms in total. The minimum absolute atomic E-state index is 0.0211. The molecule has 1 aliphatic carbocycles. The van der Waals surface area contributed by atoms with Crippen LogP contribution < -0.4 is 10.6 Å². The molecule has 1 fully saturated rings. The van der Waals surface area contributed by atoms with Crippen molar-refractivity contribution in [2.75, 3.05) is 12.4 Å². The summed E-state index contributed by atoms with van der Waals surface area (Å²) < 4.78 is 4.57. The Hall–Kier alpha value is -1.63. The Morgan fingerprint density at radius 2 is 2.32 bits per heavy atom. The first-order chi connectivity index (χ1) is 9.08. The van der Waals surface area contributed by atoms with Gasteiger partial charge in [0.25, 0.3) is 0 Å². The number of thiazole rings is 1. The second-order valence-electron chi connectivity index (χ2n) is 4.55. The van der Waals surface area contributed by atoms with Crippen molar-refractivity contribution < 1.29 is 14.3 Å². The molecule has 2 N–H and O–H groups in total. The standard InChI is InChI=1S/C12H17N3O3S/c1-7(11(17)14-8-3-4-8)13-12-15-9(6-19-12)5-10(16)18-2/h6-8H,3-5H2,1-2H3,(H,13,15)(H,14,17). The van der Waals surface area contributed by atoms with Gasteiger partial charge in [-0.2, -0.15) is 0 Å². The van der Waals surface area contributed by atoms with Crippen LogP contribution in [0.1, 0.15) is 25.5 Å². The number of anilines is 1. The van der Waals surface area contributed by atoms with Crippen molar-refractivity contribution in [2.24, 2.45) is 0 Å². The molecule has 1 heterocycles. The highest BCUT2D eigenvalue weighted by atomic mass is 32.1. The van der Waals surface area contributed by atoms with Crippen molar-refractivity contribution in [3.8, 4) is 0 Å². The number of carbonyl (C=O) groups excluding carboxylic acids is 2. The molecule has 0 radical (unpaired) electrons. The smallest absolute Gasteiger partial charge is 0.311 e. The molecule has 1 aromatic rings. The number of methoxy groups -OCH3 is 1. The topological polar surface area (TPSA) is 80.3 Å². The SMILES string of the molecule is COC(=O)Cc1csc(NC(C)C(=O)NC2CC2)n1. The predicted molar refractivity (Wildman–Crippen MR) is 72.1 cm³/mol. The predicted octanol–water partition coefficient (Wildman–Crippen LogP) is 0.938. The molecule has 0 spiro atoms. The van der Waals surface area contributed by atoms with Crippen LogP contribution in [0.25, 0.3) is 0 Å². The molecular weight excluding hydrogens is 266 g/mol. The van der Waals surface area contributed by atoms with Crippen molar-refractivity contribution in [2.45, 2.75) is 38.3 Å². The molecule has 1 aromatic heterocycles. The van der Waals surface area contributed by atoms with Gasteiger partial charge >= 0.3 is 5.97 Å². The second-order valence-corrected chi connectivity index (χ2v) is 5.40. The summed E-state index contributed by atoms with van der Waals surface area (Å²) in [7, 11) is 1.35. The van der Waals surface area contributed by atoms with Crippen LogP contribution in [-0.2, 0) is 20.7 Å². The van der Waals surface area contributed by atoms with Crippen LogP contribution in [0, 0.1) is 0 Å². The summed E-state index contributed by atoms with van der Waals surface area (Å²) in [6.45, 7) is 1.79. The fourth-order valence-electron chi connectivity index (χ4n) is 1.48. The number of rotatable bonds is 6. The zero-order valence-electron chi connectivity index (χ0n) is 10.9. The molecule has 7 heteroatoms. The fraction of sp³-hybridized carbons (Fsp3) is 0.583. The molecule has 2 rings (SSSR count). The van der Waals surface area contributed by atoms with E-state index in [0.29, 0.717) is 16.9 Å². The number of aromatic nitrogens is 1. The van der Waals surface area contributed by atoms with Crippen molar-refractivity contribution in [3.63, 3.8) is 0 Å². The average molecular weight is 283 g/mol. The van der Waals surface area contributed by atoms with Gasteiger partial charge in [-0.25, -0.2) is 4.98 Å². The van der Waals surface area contributed by atoms with E-state index in [9.17, 15) is 9.59 Å². The van der Waals surface area contributed by atoms with Gasteiger partial charge in [-0.1, -0.05) is 0 Å². The number of esters is 1. The van der Waals surface area contributed by atoms with Crippen LogP contribution in [0.4, 0.5) is 5.13 Å². The first kappa shape index (κ1) is 13.8. The van der Waals surface area contributed by atoms with E-state index in [-0.39, 0.29) is 24.3 Å². The second kappa shape index (κ2) is 6.01. The van der Waals surface area contributed by atoms with Crippen molar-refractivity contribution >= 4 is 28.3 Å². The highest BCUT2D eigenvalue weighted by Crippen LogP contribution is 2.20. The van der Waals surface area contributed by atoms with Crippen LogP contribution >= 0.6 is 11.3 Å². The zero-order chi connectivity index (χ0) is 13.8. The monoisotopic (exact) mass is 283 g/mol. The Morgan fingerprint density at radius 1 is 1.58 bits per heavy atom. The van der Waals surface area contributed by atoms with Crippen LogP contribution in [0.2, 0.25) is 0 Å². The van der Waals surface area contributed by atoms with Gasteiger partial charge in [0.2, 0.25) is 5.91 Å². The Balaban J connectivity index is 1.84. The third-order valence-corrected chi connectivity index (χ3v) is 3.58. The molecule has 1 unspecified atom stereocenters. The molecule has 0 aliphatic heterocycles. The molecule has 0 saturated heterocycles. The number of hydrogen-bond donors (Lipinski definition) is 2. The maximum Gasteiger partial charge on any atom is 0.311 e. The van der Waals surface area contributed by atoms with Crippen LogP contribution in [0.3, 0.4) is 0 Å². The van der Waals surface area contributed by atoms with Crippen LogP contribution in [0.5, 0.6) is 0 Å². The summed E-state index contributed by atoms with van der Waals surface area (Å²) >= 11 is 1.37. The van der Waals surface area contributed by atoms with E-state index in [1.807, 2.05) is 0 Å². The lowest BCUT2D eigenvalue weighted by Gasteiger charge is -2.12. The Labute approximate surface area is 115 Å². The van der Waals surface area contributed by atoms with Crippen molar-refractivity contribution in [3.05, 3.63) is 11.1 Å². The normalized spacial score (nSPS) is 15.7. The summed E-state index contributed by atoms with van der Waals surface area (Å²) in [5, 5.41) is 8.37. The Morgan fingerprint density at radius 3 is 2.95 bits per heavy atom. The number of hydrogen-bond acceptors (Lipinski definition) is 6. The third-order valence-electron chi connectivity index (χ3n) is 2.76. The fourth-order valence-corrected chi connectivity index (χ4v) is 2.28. The van der Waals surface area contributed by atoms with Gasteiger partial charge in [0, 0.05) is 11.4 Å². The van der Waals surface area contributed by atoms with E-state index in [1.165, 1.54) is 18.4 Å². The summed E-state index contributed by atoms with van der Waals surface area (Å²) in [6, 6.07) is 0.0145. The van der Waals surface area contributed by atoms with Gasteiger partial charge in [0.15, 0.2) is 5.13 Å². The Kier molecular flexibility index (Phi) is 4.36. The van der Waals surface area contributed by atoms with E-state index in [2.05, 4.69) is 20.4 Å². The van der Waals surface area contributed by atoms with Gasteiger partial charge in [0.05, 0.1) is 19.2 Å². The number of nitrogens with one attached hydrogen (secondary N) is 2. The molecule has 104 valence electrons. The molecule has 0 aromatic carbocycles.